The van der Waals surface area contributed by atoms with Gasteiger partial charge in [-0.1, -0.05) is 42.5 Å². The SMILES string of the molecule is COCCOCCCc1cc(O)c(C(c2cccc(NC(=O)OCc3ccccc3)c2)C2CC2)c(=O)o1. The second-order valence-electron chi connectivity index (χ2n) is 9.14. The predicted octanol–water partition coefficient (Wildman–Crippen LogP) is 5.23. The van der Waals surface area contributed by atoms with Gasteiger partial charge in [-0.3, -0.25) is 5.32 Å². The van der Waals surface area contributed by atoms with Crippen molar-refractivity contribution in [2.75, 3.05) is 32.2 Å². The van der Waals surface area contributed by atoms with Crippen LogP contribution in [0.4, 0.5) is 10.5 Å². The topological polar surface area (TPSA) is 107 Å². The number of anilines is 1. The molecule has 2 N–H and O–H groups in total. The molecule has 8 nitrogen and oxygen atoms in total. The minimum Gasteiger partial charge on any atom is -0.507 e. The first-order chi connectivity index (χ1) is 18.0. The quantitative estimate of drug-likeness (QED) is 0.305. The summed E-state index contributed by atoms with van der Waals surface area (Å²) in [6, 6.07) is 18.3. The van der Waals surface area contributed by atoms with E-state index < -0.39 is 11.7 Å². The van der Waals surface area contributed by atoms with E-state index in [0.29, 0.717) is 44.1 Å². The number of rotatable bonds is 13. The number of carbonyl (C=O) groups is 1. The highest BCUT2D eigenvalue weighted by Gasteiger charge is 2.37. The fraction of sp³-hybridized carbons (Fsp3) is 0.379. The molecule has 1 aromatic heterocycles. The van der Waals surface area contributed by atoms with Gasteiger partial charge < -0.3 is 23.7 Å². The van der Waals surface area contributed by atoms with Crippen LogP contribution in [0.1, 0.15) is 47.6 Å². The third kappa shape index (κ3) is 7.68. The van der Waals surface area contributed by atoms with Gasteiger partial charge in [0, 0.05) is 37.8 Å². The molecular weight excluding hydrogens is 474 g/mol. The Morgan fingerprint density at radius 3 is 2.62 bits per heavy atom. The molecule has 3 aromatic rings. The van der Waals surface area contributed by atoms with Gasteiger partial charge in [-0.25, -0.2) is 9.59 Å². The predicted molar refractivity (Wildman–Crippen MR) is 139 cm³/mol. The average Bonchev–Trinajstić information content (AvgIpc) is 3.73. The maximum atomic E-state index is 13.0. The van der Waals surface area contributed by atoms with Crippen LogP contribution in [-0.4, -0.2) is 38.1 Å². The number of ether oxygens (including phenoxy) is 3. The lowest BCUT2D eigenvalue weighted by atomic mass is 9.87. The summed E-state index contributed by atoms with van der Waals surface area (Å²) >= 11 is 0. The first kappa shape index (κ1) is 26.4. The van der Waals surface area contributed by atoms with Crippen molar-refractivity contribution in [3.05, 3.63) is 93.5 Å². The zero-order valence-corrected chi connectivity index (χ0v) is 21.0. The van der Waals surface area contributed by atoms with Gasteiger partial charge in [-0.2, -0.15) is 0 Å². The summed E-state index contributed by atoms with van der Waals surface area (Å²) < 4.78 is 21.3. The molecule has 2 aromatic carbocycles. The molecule has 1 fully saturated rings. The lowest BCUT2D eigenvalue weighted by Gasteiger charge is -2.19. The van der Waals surface area contributed by atoms with E-state index in [2.05, 4.69) is 5.32 Å². The van der Waals surface area contributed by atoms with Crippen LogP contribution in [0.5, 0.6) is 5.75 Å². The van der Waals surface area contributed by atoms with Crippen molar-refractivity contribution < 1.29 is 28.5 Å². The van der Waals surface area contributed by atoms with Gasteiger partial charge in [0.25, 0.3) is 0 Å². The van der Waals surface area contributed by atoms with Crippen LogP contribution in [0.25, 0.3) is 0 Å². The number of methoxy groups -OCH3 is 1. The summed E-state index contributed by atoms with van der Waals surface area (Å²) in [5.74, 6) is 0.246. The zero-order valence-electron chi connectivity index (χ0n) is 21.0. The number of hydrogen-bond donors (Lipinski definition) is 2. The molecule has 8 heteroatoms. The molecule has 0 radical (unpaired) electrons. The third-order valence-corrected chi connectivity index (χ3v) is 6.27. The molecule has 1 aliphatic carbocycles. The first-order valence-electron chi connectivity index (χ1n) is 12.6. The molecule has 0 bridgehead atoms. The Hall–Kier alpha value is -3.62. The Morgan fingerprint density at radius 1 is 1.08 bits per heavy atom. The van der Waals surface area contributed by atoms with Crippen molar-refractivity contribution in [3.63, 3.8) is 0 Å². The number of hydrogen-bond acceptors (Lipinski definition) is 7. The van der Waals surface area contributed by atoms with Crippen molar-refractivity contribution in [2.45, 2.75) is 38.2 Å². The van der Waals surface area contributed by atoms with Crippen LogP contribution in [0.15, 0.2) is 69.9 Å². The summed E-state index contributed by atoms with van der Waals surface area (Å²) in [5, 5.41) is 13.6. The number of carbonyl (C=O) groups excluding carboxylic acids is 1. The second-order valence-corrected chi connectivity index (χ2v) is 9.14. The molecule has 196 valence electrons. The van der Waals surface area contributed by atoms with Gasteiger partial charge in [0.2, 0.25) is 0 Å². The fourth-order valence-corrected chi connectivity index (χ4v) is 4.33. The first-order valence-corrected chi connectivity index (χ1v) is 12.6. The van der Waals surface area contributed by atoms with E-state index in [1.165, 1.54) is 6.07 Å². The van der Waals surface area contributed by atoms with E-state index in [4.69, 9.17) is 18.6 Å². The van der Waals surface area contributed by atoms with Crippen molar-refractivity contribution in [1.82, 2.24) is 0 Å². The van der Waals surface area contributed by atoms with Crippen LogP contribution < -0.4 is 10.9 Å². The van der Waals surface area contributed by atoms with Gasteiger partial charge in [-0.15, -0.1) is 0 Å². The lowest BCUT2D eigenvalue weighted by Crippen LogP contribution is -2.17. The molecule has 0 aliphatic heterocycles. The molecule has 37 heavy (non-hydrogen) atoms. The van der Waals surface area contributed by atoms with E-state index in [1.54, 1.807) is 13.2 Å². The molecule has 1 saturated carbocycles. The highest BCUT2D eigenvalue weighted by Crippen LogP contribution is 2.48. The molecular formula is C29H33NO7. The second kappa shape index (κ2) is 13.1. The lowest BCUT2D eigenvalue weighted by molar-refractivity contribution is 0.0690. The summed E-state index contributed by atoms with van der Waals surface area (Å²) in [4.78, 5) is 25.3. The summed E-state index contributed by atoms with van der Waals surface area (Å²) in [6.07, 6.45) is 2.46. The van der Waals surface area contributed by atoms with Gasteiger partial charge in [0.15, 0.2) is 0 Å². The number of amides is 1. The molecule has 1 atom stereocenters. The molecule has 0 spiro atoms. The van der Waals surface area contributed by atoms with Crippen molar-refractivity contribution >= 4 is 11.8 Å². The van der Waals surface area contributed by atoms with Crippen LogP contribution in [0.3, 0.4) is 0 Å². The molecule has 1 aliphatic rings. The van der Waals surface area contributed by atoms with E-state index in [0.717, 1.165) is 24.0 Å². The number of benzene rings is 2. The van der Waals surface area contributed by atoms with Crippen LogP contribution >= 0.6 is 0 Å². The van der Waals surface area contributed by atoms with Gasteiger partial charge in [0.1, 0.15) is 18.1 Å². The van der Waals surface area contributed by atoms with E-state index in [1.807, 2.05) is 48.5 Å². The zero-order chi connectivity index (χ0) is 26.0. The van der Waals surface area contributed by atoms with Crippen LogP contribution in [0, 0.1) is 5.92 Å². The minimum atomic E-state index is -0.568. The maximum Gasteiger partial charge on any atom is 0.411 e. The Labute approximate surface area is 216 Å². The number of nitrogens with one attached hydrogen (secondary N) is 1. The average molecular weight is 508 g/mol. The van der Waals surface area contributed by atoms with Crippen LogP contribution in [0.2, 0.25) is 0 Å². The summed E-state index contributed by atoms with van der Waals surface area (Å²) in [7, 11) is 1.62. The van der Waals surface area contributed by atoms with Crippen LogP contribution in [-0.2, 0) is 27.2 Å². The monoisotopic (exact) mass is 507 g/mol. The van der Waals surface area contributed by atoms with Gasteiger partial charge >= 0.3 is 11.7 Å². The van der Waals surface area contributed by atoms with Crippen molar-refractivity contribution in [2.24, 2.45) is 5.92 Å². The highest BCUT2D eigenvalue weighted by molar-refractivity contribution is 5.84. The van der Waals surface area contributed by atoms with Gasteiger partial charge in [-0.05, 0) is 48.4 Å². The maximum absolute atomic E-state index is 13.0. The molecule has 1 heterocycles. The summed E-state index contributed by atoms with van der Waals surface area (Å²) in [6.45, 7) is 1.70. The largest absolute Gasteiger partial charge is 0.507 e. The Balaban J connectivity index is 1.43. The van der Waals surface area contributed by atoms with Gasteiger partial charge in [0.05, 0.1) is 18.8 Å². The molecule has 1 amide bonds. The number of aromatic hydroxyl groups is 1. The minimum absolute atomic E-state index is 0.0657. The fourth-order valence-electron chi connectivity index (χ4n) is 4.33. The third-order valence-electron chi connectivity index (χ3n) is 6.27. The van der Waals surface area contributed by atoms with Crippen molar-refractivity contribution in [3.8, 4) is 5.75 Å². The smallest absolute Gasteiger partial charge is 0.411 e. The Kier molecular flexibility index (Phi) is 9.35. The number of aryl methyl sites for hydroxylation is 1. The standard InChI is InChI=1S/C29H33NO7/c1-34-15-16-35-14-6-11-24-18-25(31)27(28(32)37-24)26(21-12-13-21)22-9-5-10-23(17-22)30-29(33)36-19-20-7-3-2-4-8-20/h2-5,7-10,17-18,21,26,31H,6,11-16,19H2,1H3,(H,30,33). The molecule has 0 saturated heterocycles. The normalized spacial score (nSPS) is 13.8. The Morgan fingerprint density at radius 2 is 1.89 bits per heavy atom. The van der Waals surface area contributed by atoms with E-state index in [-0.39, 0.29) is 29.8 Å². The Bertz CT molecular complexity index is 1220. The molecule has 4 rings (SSSR count). The van der Waals surface area contributed by atoms with Crippen molar-refractivity contribution in [1.29, 1.82) is 0 Å². The summed E-state index contributed by atoms with van der Waals surface area (Å²) in [5.41, 5.74) is 1.99. The van der Waals surface area contributed by atoms with E-state index in [9.17, 15) is 14.7 Å². The molecule has 1 unspecified atom stereocenters. The van der Waals surface area contributed by atoms with E-state index >= 15 is 0 Å². The highest BCUT2D eigenvalue weighted by atomic mass is 16.5.